The van der Waals surface area contributed by atoms with Gasteiger partial charge in [-0.05, 0) is 49.2 Å². The number of nitrogens with one attached hydrogen (secondary N) is 1. The van der Waals surface area contributed by atoms with E-state index >= 15 is 0 Å². The molecule has 2 N–H and O–H groups in total. The second kappa shape index (κ2) is 9.64. The molecule has 2 rings (SSSR count). The molecule has 0 aliphatic rings. The van der Waals surface area contributed by atoms with Crippen molar-refractivity contribution in [1.82, 2.24) is 5.32 Å². The number of benzene rings is 2. The van der Waals surface area contributed by atoms with Crippen LogP contribution in [0.2, 0.25) is 0 Å². The average Bonchev–Trinajstić information content (AvgIpc) is 2.66. The second-order valence-electron chi connectivity index (χ2n) is 6.35. The van der Waals surface area contributed by atoms with Crippen LogP contribution in [-0.4, -0.2) is 37.3 Å². The maximum Gasteiger partial charge on any atom is 0.305 e. The van der Waals surface area contributed by atoms with Gasteiger partial charge in [-0.2, -0.15) is 0 Å². The number of carbonyl (C=O) groups is 2. The molecule has 2 unspecified atom stereocenters. The number of aliphatic carboxylic acids is 1. The third-order valence-corrected chi connectivity index (χ3v) is 4.18. The van der Waals surface area contributed by atoms with Crippen LogP contribution in [0.3, 0.4) is 0 Å². The maximum absolute atomic E-state index is 12.6. The van der Waals surface area contributed by atoms with E-state index in [-0.39, 0.29) is 6.42 Å². The van der Waals surface area contributed by atoms with E-state index < -0.39 is 24.0 Å². The Morgan fingerprint density at radius 1 is 1.07 bits per heavy atom. The summed E-state index contributed by atoms with van der Waals surface area (Å²) < 4.78 is 16.1. The fraction of sp³-hybridized carbons (Fsp3) is 0.333. The van der Waals surface area contributed by atoms with Gasteiger partial charge in [0.1, 0.15) is 5.75 Å². The highest BCUT2D eigenvalue weighted by atomic mass is 16.5. The van der Waals surface area contributed by atoms with Crippen molar-refractivity contribution < 1.29 is 28.9 Å². The topological polar surface area (TPSA) is 94.1 Å². The zero-order valence-corrected chi connectivity index (χ0v) is 16.4. The molecule has 0 heterocycles. The molecule has 0 fully saturated rings. The molecule has 7 nitrogen and oxygen atoms in total. The summed E-state index contributed by atoms with van der Waals surface area (Å²) in [4.78, 5) is 23.9. The number of ether oxygens (including phenoxy) is 3. The van der Waals surface area contributed by atoms with Crippen molar-refractivity contribution in [1.29, 1.82) is 0 Å². The monoisotopic (exact) mass is 387 g/mol. The minimum absolute atomic E-state index is 0.279. The molecular formula is C21H25NO6. The van der Waals surface area contributed by atoms with Gasteiger partial charge >= 0.3 is 5.97 Å². The number of carboxylic acid groups (broad SMARTS) is 1. The molecule has 2 atom stereocenters. The predicted octanol–water partition coefficient (Wildman–Crippen LogP) is 3.11. The minimum atomic E-state index is -1.03. The number of rotatable bonds is 9. The molecule has 0 aliphatic carbocycles. The molecule has 0 bridgehead atoms. The van der Waals surface area contributed by atoms with Crippen molar-refractivity contribution in [3.8, 4) is 17.2 Å². The summed E-state index contributed by atoms with van der Waals surface area (Å²) in [5, 5.41) is 12.0. The van der Waals surface area contributed by atoms with Crippen molar-refractivity contribution in [2.45, 2.75) is 32.4 Å². The Kier molecular flexibility index (Phi) is 7.26. The smallest absolute Gasteiger partial charge is 0.305 e. The van der Waals surface area contributed by atoms with Gasteiger partial charge in [0.2, 0.25) is 0 Å². The third kappa shape index (κ3) is 5.64. The van der Waals surface area contributed by atoms with Crippen molar-refractivity contribution in [3.63, 3.8) is 0 Å². The maximum atomic E-state index is 12.6. The van der Waals surface area contributed by atoms with Gasteiger partial charge in [0, 0.05) is 0 Å². The summed E-state index contributed by atoms with van der Waals surface area (Å²) in [6, 6.07) is 11.6. The van der Waals surface area contributed by atoms with Gasteiger partial charge in [0.25, 0.3) is 5.91 Å². The van der Waals surface area contributed by atoms with Crippen LogP contribution in [0.1, 0.15) is 30.5 Å². The zero-order valence-electron chi connectivity index (χ0n) is 16.4. The standard InChI is InChI=1S/C21H25NO6/c1-13-6-5-7-16(10-13)28-14(2)21(25)22-17(12-20(23)24)15-8-9-18(26-3)19(11-15)27-4/h5-11,14,17H,12H2,1-4H3,(H,22,25)(H,23,24). The largest absolute Gasteiger partial charge is 0.493 e. The molecular weight excluding hydrogens is 362 g/mol. The summed E-state index contributed by atoms with van der Waals surface area (Å²) in [5.41, 5.74) is 1.61. The Labute approximate surface area is 164 Å². The van der Waals surface area contributed by atoms with Gasteiger partial charge in [-0.3, -0.25) is 9.59 Å². The summed E-state index contributed by atoms with van der Waals surface area (Å²) >= 11 is 0. The SMILES string of the molecule is COc1ccc(C(CC(=O)O)NC(=O)C(C)Oc2cccc(C)c2)cc1OC. The normalized spacial score (nSPS) is 12.6. The van der Waals surface area contributed by atoms with Gasteiger partial charge < -0.3 is 24.6 Å². The molecule has 0 saturated heterocycles. The third-order valence-electron chi connectivity index (χ3n) is 4.18. The molecule has 1 amide bonds. The van der Waals surface area contributed by atoms with Gasteiger partial charge in [0.15, 0.2) is 17.6 Å². The Balaban J connectivity index is 2.16. The molecule has 0 radical (unpaired) electrons. The van der Waals surface area contributed by atoms with E-state index in [1.54, 1.807) is 31.2 Å². The first kappa shape index (κ1) is 21.1. The number of carbonyl (C=O) groups excluding carboxylic acids is 1. The number of carboxylic acids is 1. The summed E-state index contributed by atoms with van der Waals surface area (Å²) in [5.74, 6) is 0.0925. The van der Waals surface area contributed by atoms with E-state index in [1.807, 2.05) is 25.1 Å². The highest BCUT2D eigenvalue weighted by Gasteiger charge is 2.23. The molecule has 0 spiro atoms. The number of amides is 1. The highest BCUT2D eigenvalue weighted by molar-refractivity contribution is 5.82. The lowest BCUT2D eigenvalue weighted by Crippen LogP contribution is -2.39. The van der Waals surface area contributed by atoms with Gasteiger partial charge in [-0.1, -0.05) is 18.2 Å². The quantitative estimate of drug-likeness (QED) is 0.687. The van der Waals surface area contributed by atoms with Crippen LogP contribution < -0.4 is 19.5 Å². The number of hydrogen-bond acceptors (Lipinski definition) is 5. The van der Waals surface area contributed by atoms with Crippen LogP contribution in [0.25, 0.3) is 0 Å². The van der Waals surface area contributed by atoms with Crippen LogP contribution in [0, 0.1) is 6.92 Å². The predicted molar refractivity (Wildman–Crippen MR) is 104 cm³/mol. The summed E-state index contributed by atoms with van der Waals surface area (Å²) in [6.45, 7) is 3.54. The number of methoxy groups -OCH3 is 2. The summed E-state index contributed by atoms with van der Waals surface area (Å²) in [6.07, 6.45) is -1.07. The Morgan fingerprint density at radius 2 is 1.79 bits per heavy atom. The number of aryl methyl sites for hydroxylation is 1. The summed E-state index contributed by atoms with van der Waals surface area (Å²) in [7, 11) is 3.00. The first-order valence-electron chi connectivity index (χ1n) is 8.81. The second-order valence-corrected chi connectivity index (χ2v) is 6.35. The van der Waals surface area contributed by atoms with Crippen LogP contribution in [0.4, 0.5) is 0 Å². The van der Waals surface area contributed by atoms with Crippen LogP contribution in [-0.2, 0) is 9.59 Å². The number of hydrogen-bond donors (Lipinski definition) is 2. The van der Waals surface area contributed by atoms with E-state index in [0.29, 0.717) is 22.8 Å². The minimum Gasteiger partial charge on any atom is -0.493 e. The van der Waals surface area contributed by atoms with E-state index in [1.165, 1.54) is 14.2 Å². The first-order valence-corrected chi connectivity index (χ1v) is 8.81. The van der Waals surface area contributed by atoms with E-state index in [4.69, 9.17) is 14.2 Å². The van der Waals surface area contributed by atoms with Gasteiger partial charge in [0.05, 0.1) is 26.7 Å². The molecule has 0 aromatic heterocycles. The van der Waals surface area contributed by atoms with Crippen molar-refractivity contribution in [3.05, 3.63) is 53.6 Å². The molecule has 28 heavy (non-hydrogen) atoms. The highest BCUT2D eigenvalue weighted by Crippen LogP contribution is 2.31. The molecule has 2 aromatic carbocycles. The molecule has 7 heteroatoms. The lowest BCUT2D eigenvalue weighted by atomic mass is 10.0. The van der Waals surface area contributed by atoms with Crippen molar-refractivity contribution in [2.75, 3.05) is 14.2 Å². The zero-order chi connectivity index (χ0) is 20.7. The molecule has 2 aromatic rings. The fourth-order valence-electron chi connectivity index (χ4n) is 2.73. The van der Waals surface area contributed by atoms with E-state index in [2.05, 4.69) is 5.32 Å². The van der Waals surface area contributed by atoms with Crippen LogP contribution >= 0.6 is 0 Å². The molecule has 0 saturated carbocycles. The lowest BCUT2D eigenvalue weighted by molar-refractivity contribution is -0.138. The average molecular weight is 387 g/mol. The fourth-order valence-corrected chi connectivity index (χ4v) is 2.73. The van der Waals surface area contributed by atoms with Gasteiger partial charge in [-0.25, -0.2) is 0 Å². The van der Waals surface area contributed by atoms with Crippen LogP contribution in [0.5, 0.6) is 17.2 Å². The van der Waals surface area contributed by atoms with Crippen molar-refractivity contribution >= 4 is 11.9 Å². The molecule has 150 valence electrons. The Morgan fingerprint density at radius 3 is 2.39 bits per heavy atom. The van der Waals surface area contributed by atoms with E-state index in [0.717, 1.165) is 5.56 Å². The van der Waals surface area contributed by atoms with Gasteiger partial charge in [-0.15, -0.1) is 0 Å². The van der Waals surface area contributed by atoms with Crippen LogP contribution in [0.15, 0.2) is 42.5 Å². The van der Waals surface area contributed by atoms with Crippen molar-refractivity contribution in [2.24, 2.45) is 0 Å². The Bertz CT molecular complexity index is 835. The first-order chi connectivity index (χ1) is 13.3. The lowest BCUT2D eigenvalue weighted by Gasteiger charge is -2.22. The molecule has 0 aliphatic heterocycles. The van der Waals surface area contributed by atoms with E-state index in [9.17, 15) is 14.7 Å². The Hall–Kier alpha value is -3.22.